The van der Waals surface area contributed by atoms with Crippen LogP contribution in [0.1, 0.15) is 0 Å². The SMILES string of the molecule is ClN1C2C3C(C4C(C21)N4Cl)N3Cl. The second-order valence-electron chi connectivity index (χ2n) is 3.98. The van der Waals surface area contributed by atoms with Gasteiger partial charge in [0.25, 0.3) is 0 Å². The first-order valence-corrected chi connectivity index (χ1v) is 5.07. The molecular formula is C6H6Cl3N3. The first kappa shape index (κ1) is 7.10. The van der Waals surface area contributed by atoms with Crippen molar-refractivity contribution in [3.63, 3.8) is 0 Å². The Kier molecular flexibility index (Phi) is 1.04. The first-order valence-electron chi connectivity index (χ1n) is 4.06. The van der Waals surface area contributed by atoms with E-state index in [4.69, 9.17) is 35.3 Å². The molecule has 0 unspecified atom stereocenters. The molecule has 0 atom stereocenters. The largest absolute Gasteiger partial charge is 0.207 e. The molecule has 0 N–H and O–H groups in total. The summed E-state index contributed by atoms with van der Waals surface area (Å²) in [5, 5.41) is 0. The molecule has 3 nitrogen and oxygen atoms in total. The predicted octanol–water partition coefficient (Wildman–Crippen LogP) is 0.620. The third-order valence-corrected chi connectivity index (χ3v) is 4.89. The fraction of sp³-hybridized carbons (Fsp3) is 1.00. The summed E-state index contributed by atoms with van der Waals surface area (Å²) in [6.45, 7) is 0. The highest BCUT2D eigenvalue weighted by molar-refractivity contribution is 6.19. The van der Waals surface area contributed by atoms with Crippen LogP contribution in [0.15, 0.2) is 0 Å². The van der Waals surface area contributed by atoms with Crippen molar-refractivity contribution in [2.24, 2.45) is 0 Å². The van der Waals surface area contributed by atoms with Crippen molar-refractivity contribution >= 4 is 35.3 Å². The molecule has 0 bridgehead atoms. The van der Waals surface area contributed by atoms with Gasteiger partial charge in [-0.1, -0.05) is 0 Å². The highest BCUT2D eigenvalue weighted by atomic mass is 35.5. The van der Waals surface area contributed by atoms with Gasteiger partial charge in [-0.15, -0.1) is 0 Å². The van der Waals surface area contributed by atoms with Crippen LogP contribution in [0.5, 0.6) is 0 Å². The highest BCUT2D eigenvalue weighted by Gasteiger charge is 2.82. The van der Waals surface area contributed by atoms with E-state index in [9.17, 15) is 0 Å². The first-order chi connectivity index (χ1) is 5.73. The molecule has 0 radical (unpaired) electrons. The smallest absolute Gasteiger partial charge is 0.0626 e. The van der Waals surface area contributed by atoms with Gasteiger partial charge in [-0.2, -0.15) is 0 Å². The monoisotopic (exact) mass is 225 g/mol. The zero-order valence-electron chi connectivity index (χ0n) is 5.94. The van der Waals surface area contributed by atoms with Crippen LogP contribution in [-0.4, -0.2) is 49.5 Å². The Morgan fingerprint density at radius 3 is 0.833 bits per heavy atom. The fourth-order valence-corrected chi connectivity index (χ4v) is 4.04. The van der Waals surface area contributed by atoms with Gasteiger partial charge in [0.1, 0.15) is 0 Å². The summed E-state index contributed by atoms with van der Waals surface area (Å²) >= 11 is 18.0. The van der Waals surface area contributed by atoms with Crippen molar-refractivity contribution in [1.82, 2.24) is 13.3 Å². The Labute approximate surface area is 85.1 Å². The third kappa shape index (κ3) is 0.559. The van der Waals surface area contributed by atoms with E-state index in [0.717, 1.165) is 0 Å². The van der Waals surface area contributed by atoms with Gasteiger partial charge in [-0.25, -0.2) is 13.3 Å². The van der Waals surface area contributed by atoms with Gasteiger partial charge >= 0.3 is 0 Å². The molecule has 3 saturated heterocycles. The van der Waals surface area contributed by atoms with Crippen molar-refractivity contribution in [2.45, 2.75) is 36.3 Å². The molecule has 0 spiro atoms. The van der Waals surface area contributed by atoms with Crippen LogP contribution in [0.3, 0.4) is 0 Å². The van der Waals surface area contributed by atoms with Gasteiger partial charge in [0.05, 0.1) is 36.3 Å². The number of rotatable bonds is 0. The summed E-state index contributed by atoms with van der Waals surface area (Å²) in [5.74, 6) is 0. The van der Waals surface area contributed by atoms with Crippen molar-refractivity contribution in [3.05, 3.63) is 0 Å². The molecule has 4 fully saturated rings. The summed E-state index contributed by atoms with van der Waals surface area (Å²) in [6.07, 6.45) is 0. The quantitative estimate of drug-likeness (QED) is 0.443. The van der Waals surface area contributed by atoms with Crippen LogP contribution < -0.4 is 0 Å². The molecular weight excluding hydrogens is 220 g/mol. The zero-order chi connectivity index (χ0) is 8.20. The second-order valence-corrected chi connectivity index (χ2v) is 5.15. The van der Waals surface area contributed by atoms with E-state index >= 15 is 0 Å². The van der Waals surface area contributed by atoms with Crippen molar-refractivity contribution in [3.8, 4) is 0 Å². The molecule has 1 aliphatic carbocycles. The Bertz CT molecular complexity index is 196. The van der Waals surface area contributed by atoms with Gasteiger partial charge in [-0.05, 0) is 35.3 Å². The van der Waals surface area contributed by atoms with Crippen LogP contribution in [0, 0.1) is 0 Å². The average molecular weight is 226 g/mol. The molecule has 0 amide bonds. The summed E-state index contributed by atoms with van der Waals surface area (Å²) < 4.78 is 5.60. The molecule has 3 heterocycles. The second kappa shape index (κ2) is 1.76. The molecule has 0 aromatic heterocycles. The van der Waals surface area contributed by atoms with Gasteiger partial charge in [0.2, 0.25) is 0 Å². The van der Waals surface area contributed by atoms with Crippen LogP contribution in [-0.2, 0) is 0 Å². The maximum Gasteiger partial charge on any atom is 0.0626 e. The molecule has 4 aliphatic rings. The minimum Gasteiger partial charge on any atom is -0.207 e. The predicted molar refractivity (Wildman–Crippen MR) is 45.8 cm³/mol. The van der Waals surface area contributed by atoms with E-state index in [1.807, 2.05) is 13.3 Å². The van der Waals surface area contributed by atoms with Crippen LogP contribution in [0.2, 0.25) is 0 Å². The summed E-state index contributed by atoms with van der Waals surface area (Å²) in [5.41, 5.74) is 0. The molecule has 6 heteroatoms. The molecule has 0 aromatic rings. The molecule has 66 valence electrons. The van der Waals surface area contributed by atoms with Gasteiger partial charge < -0.3 is 0 Å². The summed E-state index contributed by atoms with van der Waals surface area (Å²) in [4.78, 5) is 0. The van der Waals surface area contributed by atoms with E-state index in [1.54, 1.807) is 0 Å². The van der Waals surface area contributed by atoms with E-state index in [0.29, 0.717) is 36.3 Å². The highest BCUT2D eigenvalue weighted by Crippen LogP contribution is 2.63. The van der Waals surface area contributed by atoms with Gasteiger partial charge in [0, 0.05) is 0 Å². The van der Waals surface area contributed by atoms with Gasteiger partial charge in [0.15, 0.2) is 0 Å². The van der Waals surface area contributed by atoms with Crippen LogP contribution in [0.25, 0.3) is 0 Å². The molecule has 1 saturated carbocycles. The third-order valence-electron chi connectivity index (χ3n) is 3.54. The normalized spacial score (nSPS) is 81.8. The molecule has 0 aromatic carbocycles. The lowest BCUT2D eigenvalue weighted by Crippen LogP contribution is -2.20. The summed E-state index contributed by atoms with van der Waals surface area (Å²) in [6, 6.07) is 2.75. The van der Waals surface area contributed by atoms with Crippen molar-refractivity contribution in [2.75, 3.05) is 0 Å². The zero-order valence-corrected chi connectivity index (χ0v) is 8.21. The lowest BCUT2D eigenvalue weighted by Gasteiger charge is -1.94. The Balaban J connectivity index is 1.74. The number of nitrogens with zero attached hydrogens (tertiary/aromatic N) is 3. The topological polar surface area (TPSA) is 9.03 Å². The van der Waals surface area contributed by atoms with E-state index in [-0.39, 0.29) is 0 Å². The van der Waals surface area contributed by atoms with E-state index < -0.39 is 0 Å². The number of hydrogen-bond donors (Lipinski definition) is 0. The minimum atomic E-state index is 0.458. The maximum atomic E-state index is 5.99. The lowest BCUT2D eigenvalue weighted by atomic mass is 10.0. The van der Waals surface area contributed by atoms with Gasteiger partial charge in [-0.3, -0.25) is 0 Å². The van der Waals surface area contributed by atoms with Crippen LogP contribution >= 0.6 is 35.3 Å². The van der Waals surface area contributed by atoms with Crippen LogP contribution in [0.4, 0.5) is 0 Å². The molecule has 12 heavy (non-hydrogen) atoms. The Hall–Kier alpha value is 0.750. The Morgan fingerprint density at radius 2 is 0.667 bits per heavy atom. The molecule has 3 aliphatic heterocycles. The van der Waals surface area contributed by atoms with E-state index in [1.165, 1.54) is 0 Å². The maximum absolute atomic E-state index is 5.99. The average Bonchev–Trinajstić information content (AvgIpc) is 2.92. The van der Waals surface area contributed by atoms with E-state index in [2.05, 4.69) is 0 Å². The number of fused-ring (bicyclic) bond motifs is 6. The standard InChI is InChI=1S/C6H6Cl3N3/c7-10-1-2(10)4-6(12(4)9)5-3(1)11(5)8/h1-6H. The Morgan fingerprint density at radius 1 is 0.500 bits per heavy atom. The number of halogens is 3. The number of hydrogen-bond acceptors (Lipinski definition) is 3. The minimum absolute atomic E-state index is 0.458. The summed E-state index contributed by atoms with van der Waals surface area (Å²) in [7, 11) is 0. The fourth-order valence-electron chi connectivity index (χ4n) is 2.81. The lowest BCUT2D eigenvalue weighted by molar-refractivity contribution is 0.680. The van der Waals surface area contributed by atoms with Crippen molar-refractivity contribution < 1.29 is 0 Å². The molecule has 4 rings (SSSR count). The van der Waals surface area contributed by atoms with Crippen molar-refractivity contribution in [1.29, 1.82) is 0 Å².